The lowest BCUT2D eigenvalue weighted by atomic mass is 10.2. The molecule has 1 atom stereocenters. The maximum atomic E-state index is 12.0. The van der Waals surface area contributed by atoms with Crippen LogP contribution in [0.2, 0.25) is 0 Å². The molecular weight excluding hydrogens is 308 g/mol. The van der Waals surface area contributed by atoms with Crippen LogP contribution in [-0.4, -0.2) is 24.5 Å². The zero-order chi connectivity index (χ0) is 17.5. The van der Waals surface area contributed by atoms with E-state index >= 15 is 0 Å². The molecule has 2 aromatic rings. The average Bonchev–Trinajstić information content (AvgIpc) is 3.07. The summed E-state index contributed by atoms with van der Waals surface area (Å²) in [4.78, 5) is 23.7. The van der Waals surface area contributed by atoms with E-state index in [-0.39, 0.29) is 30.6 Å². The Bertz CT molecular complexity index is 663. The van der Waals surface area contributed by atoms with Crippen molar-refractivity contribution in [3.05, 3.63) is 54.0 Å². The Balaban J connectivity index is 1.82. The van der Waals surface area contributed by atoms with E-state index in [0.717, 1.165) is 5.76 Å². The Morgan fingerprint density at radius 2 is 1.83 bits per heavy atom. The van der Waals surface area contributed by atoms with Crippen molar-refractivity contribution >= 4 is 17.6 Å². The summed E-state index contributed by atoms with van der Waals surface area (Å²) in [6, 6.07) is 10.2. The highest BCUT2D eigenvalue weighted by Gasteiger charge is 2.11. The molecule has 0 fully saturated rings. The maximum Gasteiger partial charge on any atom is 0.338 e. The largest absolute Gasteiger partial charge is 0.468 e. The number of hydrogen-bond acceptors (Lipinski definition) is 5. The molecule has 0 saturated carbocycles. The smallest absolute Gasteiger partial charge is 0.338 e. The molecule has 2 rings (SSSR count). The van der Waals surface area contributed by atoms with Gasteiger partial charge in [-0.05, 0) is 57.2 Å². The Morgan fingerprint density at radius 3 is 2.42 bits per heavy atom. The highest BCUT2D eigenvalue weighted by atomic mass is 16.5. The molecule has 24 heavy (non-hydrogen) atoms. The van der Waals surface area contributed by atoms with E-state index in [1.165, 1.54) is 0 Å². The van der Waals surface area contributed by atoms with Gasteiger partial charge in [0, 0.05) is 5.69 Å². The number of furan rings is 1. The number of hydrogen-bond donors (Lipinski definition) is 2. The second-order valence-corrected chi connectivity index (χ2v) is 5.70. The molecule has 1 amide bonds. The number of carbonyl (C=O) groups is 2. The first-order chi connectivity index (χ1) is 11.5. The molecule has 1 aromatic carbocycles. The summed E-state index contributed by atoms with van der Waals surface area (Å²) in [6.07, 6.45) is 1.43. The summed E-state index contributed by atoms with van der Waals surface area (Å²) < 4.78 is 10.4. The molecule has 2 N–H and O–H groups in total. The molecule has 0 aliphatic rings. The third kappa shape index (κ3) is 5.24. The third-order valence-corrected chi connectivity index (χ3v) is 3.29. The van der Waals surface area contributed by atoms with E-state index in [9.17, 15) is 9.59 Å². The van der Waals surface area contributed by atoms with Crippen molar-refractivity contribution in [3.63, 3.8) is 0 Å². The van der Waals surface area contributed by atoms with Crippen LogP contribution in [0.4, 0.5) is 5.69 Å². The first-order valence-corrected chi connectivity index (χ1v) is 7.83. The first kappa shape index (κ1) is 17.7. The molecule has 0 aliphatic heterocycles. The third-order valence-electron chi connectivity index (χ3n) is 3.29. The number of carbonyl (C=O) groups excluding carboxylic acids is 2. The van der Waals surface area contributed by atoms with Crippen LogP contribution in [0.3, 0.4) is 0 Å². The van der Waals surface area contributed by atoms with E-state index in [0.29, 0.717) is 11.3 Å². The van der Waals surface area contributed by atoms with Gasteiger partial charge in [-0.1, -0.05) is 0 Å². The van der Waals surface area contributed by atoms with Crippen LogP contribution in [0.5, 0.6) is 0 Å². The molecule has 0 unspecified atom stereocenters. The van der Waals surface area contributed by atoms with Crippen LogP contribution in [0.1, 0.15) is 42.9 Å². The Morgan fingerprint density at radius 1 is 1.12 bits per heavy atom. The molecule has 0 bridgehead atoms. The summed E-state index contributed by atoms with van der Waals surface area (Å²) in [6.45, 7) is 5.66. The van der Waals surface area contributed by atoms with Crippen molar-refractivity contribution in [1.29, 1.82) is 0 Å². The summed E-state index contributed by atoms with van der Waals surface area (Å²) in [5.74, 6) is 0.221. The maximum absolute atomic E-state index is 12.0. The normalized spacial score (nSPS) is 12.0. The second-order valence-electron chi connectivity index (χ2n) is 5.70. The lowest BCUT2D eigenvalue weighted by Gasteiger charge is -2.12. The van der Waals surface area contributed by atoms with Gasteiger partial charge in [0.15, 0.2) is 0 Å². The Kier molecular flexibility index (Phi) is 6.14. The van der Waals surface area contributed by atoms with Gasteiger partial charge >= 0.3 is 5.97 Å². The molecule has 1 aromatic heterocycles. The summed E-state index contributed by atoms with van der Waals surface area (Å²) >= 11 is 0. The number of ether oxygens (including phenoxy) is 1. The molecular formula is C18H22N2O4. The Labute approximate surface area is 141 Å². The lowest BCUT2D eigenvalue weighted by Crippen LogP contribution is -2.29. The van der Waals surface area contributed by atoms with E-state index < -0.39 is 0 Å². The monoisotopic (exact) mass is 330 g/mol. The van der Waals surface area contributed by atoms with Gasteiger partial charge in [0.2, 0.25) is 5.91 Å². The van der Waals surface area contributed by atoms with Crippen molar-refractivity contribution in [2.45, 2.75) is 32.9 Å². The molecule has 1 heterocycles. The van der Waals surface area contributed by atoms with Crippen LogP contribution in [-0.2, 0) is 9.53 Å². The van der Waals surface area contributed by atoms with Crippen LogP contribution < -0.4 is 10.6 Å². The summed E-state index contributed by atoms with van der Waals surface area (Å²) in [5, 5.41) is 5.84. The van der Waals surface area contributed by atoms with E-state index in [4.69, 9.17) is 9.15 Å². The fourth-order valence-electron chi connectivity index (χ4n) is 2.06. The lowest BCUT2D eigenvalue weighted by molar-refractivity contribution is -0.115. The SMILES string of the molecule is CC(C)OC(=O)c1ccc(NC(=O)CN[C@H](C)c2ccco2)cc1. The topological polar surface area (TPSA) is 80.6 Å². The highest BCUT2D eigenvalue weighted by molar-refractivity contribution is 5.94. The highest BCUT2D eigenvalue weighted by Crippen LogP contribution is 2.13. The van der Waals surface area contributed by atoms with E-state index in [1.54, 1.807) is 50.4 Å². The zero-order valence-electron chi connectivity index (χ0n) is 14.0. The minimum atomic E-state index is -0.378. The van der Waals surface area contributed by atoms with Crippen LogP contribution in [0, 0.1) is 0 Å². The van der Waals surface area contributed by atoms with E-state index in [2.05, 4.69) is 10.6 Å². The molecule has 6 heteroatoms. The summed E-state index contributed by atoms with van der Waals surface area (Å²) in [7, 11) is 0. The molecule has 0 radical (unpaired) electrons. The van der Waals surface area contributed by atoms with Gasteiger partial charge in [-0.25, -0.2) is 4.79 Å². The van der Waals surface area contributed by atoms with Crippen LogP contribution >= 0.6 is 0 Å². The van der Waals surface area contributed by atoms with Gasteiger partial charge in [0.1, 0.15) is 5.76 Å². The molecule has 128 valence electrons. The van der Waals surface area contributed by atoms with Gasteiger partial charge in [0.25, 0.3) is 0 Å². The number of anilines is 1. The molecule has 0 saturated heterocycles. The van der Waals surface area contributed by atoms with Gasteiger partial charge < -0.3 is 14.5 Å². The number of rotatable bonds is 7. The standard InChI is InChI=1S/C18H22N2O4/c1-12(2)24-18(22)14-6-8-15(9-7-14)20-17(21)11-19-13(3)16-5-4-10-23-16/h4-10,12-13,19H,11H2,1-3H3,(H,20,21)/t13-/m1/s1. The van der Waals surface area contributed by atoms with Crippen LogP contribution in [0.25, 0.3) is 0 Å². The van der Waals surface area contributed by atoms with Crippen molar-refractivity contribution in [3.8, 4) is 0 Å². The van der Waals surface area contributed by atoms with Gasteiger partial charge in [-0.2, -0.15) is 0 Å². The molecule has 6 nitrogen and oxygen atoms in total. The van der Waals surface area contributed by atoms with Gasteiger partial charge in [-0.15, -0.1) is 0 Å². The first-order valence-electron chi connectivity index (χ1n) is 7.83. The van der Waals surface area contributed by atoms with Gasteiger partial charge in [-0.3, -0.25) is 10.1 Å². The predicted octanol–water partition coefficient (Wildman–Crippen LogP) is 3.13. The number of nitrogens with one attached hydrogen (secondary N) is 2. The zero-order valence-corrected chi connectivity index (χ0v) is 14.0. The average molecular weight is 330 g/mol. The molecule has 0 aliphatic carbocycles. The Hall–Kier alpha value is -2.60. The second kappa shape index (κ2) is 8.31. The minimum Gasteiger partial charge on any atom is -0.468 e. The fourth-order valence-corrected chi connectivity index (χ4v) is 2.06. The number of amides is 1. The van der Waals surface area contributed by atoms with E-state index in [1.807, 2.05) is 13.0 Å². The van der Waals surface area contributed by atoms with Crippen molar-refractivity contribution in [2.24, 2.45) is 0 Å². The van der Waals surface area contributed by atoms with Crippen molar-refractivity contribution in [1.82, 2.24) is 5.32 Å². The van der Waals surface area contributed by atoms with Crippen LogP contribution in [0.15, 0.2) is 47.1 Å². The predicted molar refractivity (Wildman–Crippen MR) is 90.7 cm³/mol. The fraction of sp³-hybridized carbons (Fsp3) is 0.333. The number of benzene rings is 1. The summed E-state index contributed by atoms with van der Waals surface area (Å²) in [5.41, 5.74) is 1.07. The van der Waals surface area contributed by atoms with Gasteiger partial charge in [0.05, 0.1) is 30.5 Å². The minimum absolute atomic E-state index is 0.0565. The van der Waals surface area contributed by atoms with Crippen molar-refractivity contribution in [2.75, 3.05) is 11.9 Å². The number of esters is 1. The quantitative estimate of drug-likeness (QED) is 0.762. The molecule has 0 spiro atoms. The van der Waals surface area contributed by atoms with Crippen molar-refractivity contribution < 1.29 is 18.7 Å².